The van der Waals surface area contributed by atoms with Crippen LogP contribution in [0.5, 0.6) is 0 Å². The van der Waals surface area contributed by atoms with E-state index in [1.165, 1.54) is 19.3 Å². The number of hydrogen-bond acceptors (Lipinski definition) is 5. The number of nitrogens with one attached hydrogen (secondary N) is 2. The van der Waals surface area contributed by atoms with Gasteiger partial charge < -0.3 is 5.73 Å². The summed E-state index contributed by atoms with van der Waals surface area (Å²) in [4.78, 5) is 3.67. The van der Waals surface area contributed by atoms with E-state index in [2.05, 4.69) is 19.9 Å². The topological polar surface area (TPSA) is 114 Å². The SMILES string of the molecule is Cc1c(N)cc(S(=O)(=O)NCCc2ncn[nH]2)cc1F. The number of H-pyrrole nitrogens is 1. The van der Waals surface area contributed by atoms with E-state index in [0.717, 1.165) is 6.07 Å². The van der Waals surface area contributed by atoms with E-state index in [1.54, 1.807) is 0 Å². The van der Waals surface area contributed by atoms with Crippen LogP contribution in [0.3, 0.4) is 0 Å². The molecule has 2 rings (SSSR count). The van der Waals surface area contributed by atoms with E-state index >= 15 is 0 Å². The lowest BCUT2D eigenvalue weighted by molar-refractivity contribution is 0.576. The minimum Gasteiger partial charge on any atom is -0.398 e. The molecule has 1 aromatic carbocycles. The third-order valence-corrected chi connectivity index (χ3v) is 4.23. The van der Waals surface area contributed by atoms with Gasteiger partial charge in [0.15, 0.2) is 0 Å². The van der Waals surface area contributed by atoms with Crippen molar-refractivity contribution in [1.82, 2.24) is 19.9 Å². The second-order valence-electron chi connectivity index (χ2n) is 4.20. The summed E-state index contributed by atoms with van der Waals surface area (Å²) < 4.78 is 39.9. The Bertz CT molecular complexity index is 677. The van der Waals surface area contributed by atoms with Crippen LogP contribution in [0.2, 0.25) is 0 Å². The van der Waals surface area contributed by atoms with Gasteiger partial charge in [0, 0.05) is 24.2 Å². The molecule has 0 spiro atoms. The van der Waals surface area contributed by atoms with Crippen LogP contribution in [0.4, 0.5) is 10.1 Å². The summed E-state index contributed by atoms with van der Waals surface area (Å²) in [7, 11) is -3.81. The molecular weight excluding hydrogens is 285 g/mol. The Morgan fingerprint density at radius 2 is 2.20 bits per heavy atom. The standard InChI is InChI=1S/C11H14FN5O2S/c1-7-9(12)4-8(5-10(7)13)20(18,19)16-3-2-11-14-6-15-17-11/h4-6,16H,2-3,13H2,1H3,(H,14,15,17). The zero-order chi connectivity index (χ0) is 14.8. The molecule has 0 aliphatic carbocycles. The molecule has 0 unspecified atom stereocenters. The van der Waals surface area contributed by atoms with Gasteiger partial charge >= 0.3 is 0 Å². The Balaban J connectivity index is 2.10. The average molecular weight is 299 g/mol. The highest BCUT2D eigenvalue weighted by Crippen LogP contribution is 2.20. The number of sulfonamides is 1. The molecule has 9 heteroatoms. The number of aromatic nitrogens is 3. The summed E-state index contributed by atoms with van der Waals surface area (Å²) in [6, 6.07) is 2.18. The van der Waals surface area contributed by atoms with E-state index in [4.69, 9.17) is 5.73 Å². The monoisotopic (exact) mass is 299 g/mol. The highest BCUT2D eigenvalue weighted by Gasteiger charge is 2.17. The van der Waals surface area contributed by atoms with Gasteiger partial charge in [-0.2, -0.15) is 5.10 Å². The molecule has 7 nitrogen and oxygen atoms in total. The van der Waals surface area contributed by atoms with Crippen LogP contribution in [0.25, 0.3) is 0 Å². The molecular formula is C11H14FN5O2S. The molecule has 0 radical (unpaired) electrons. The molecule has 108 valence electrons. The number of rotatable bonds is 5. The molecule has 0 saturated carbocycles. The molecule has 1 aromatic heterocycles. The Hall–Kier alpha value is -2.00. The number of anilines is 1. The number of benzene rings is 1. The Labute approximate surface area is 115 Å². The lowest BCUT2D eigenvalue weighted by Gasteiger charge is -2.09. The van der Waals surface area contributed by atoms with Crippen molar-refractivity contribution in [3.05, 3.63) is 35.7 Å². The molecule has 0 amide bonds. The Morgan fingerprint density at radius 3 is 2.80 bits per heavy atom. The van der Waals surface area contributed by atoms with Crippen LogP contribution in [0, 0.1) is 12.7 Å². The summed E-state index contributed by atoms with van der Waals surface area (Å²) in [6.07, 6.45) is 1.68. The lowest BCUT2D eigenvalue weighted by Crippen LogP contribution is -2.26. The quantitative estimate of drug-likeness (QED) is 0.690. The first-order valence-corrected chi connectivity index (χ1v) is 7.28. The normalized spacial score (nSPS) is 11.7. The average Bonchev–Trinajstić information content (AvgIpc) is 2.88. The van der Waals surface area contributed by atoms with Crippen LogP contribution in [0.1, 0.15) is 11.4 Å². The maximum absolute atomic E-state index is 13.5. The second-order valence-corrected chi connectivity index (χ2v) is 5.97. The molecule has 2 aromatic rings. The third-order valence-electron chi connectivity index (χ3n) is 2.79. The smallest absolute Gasteiger partial charge is 0.240 e. The molecule has 20 heavy (non-hydrogen) atoms. The number of aromatic amines is 1. The van der Waals surface area contributed by atoms with Crippen LogP contribution >= 0.6 is 0 Å². The van der Waals surface area contributed by atoms with Crippen LogP contribution in [0.15, 0.2) is 23.4 Å². The van der Waals surface area contributed by atoms with E-state index in [0.29, 0.717) is 12.2 Å². The molecule has 0 aliphatic heterocycles. The molecule has 4 N–H and O–H groups in total. The van der Waals surface area contributed by atoms with Gasteiger partial charge in [-0.3, -0.25) is 5.10 Å². The summed E-state index contributed by atoms with van der Waals surface area (Å²) in [5.41, 5.74) is 5.89. The van der Waals surface area contributed by atoms with E-state index in [1.807, 2.05) is 0 Å². The highest BCUT2D eigenvalue weighted by molar-refractivity contribution is 7.89. The van der Waals surface area contributed by atoms with Crippen LogP contribution in [-0.4, -0.2) is 30.1 Å². The number of halogens is 1. The first kappa shape index (κ1) is 14.4. The second kappa shape index (κ2) is 5.55. The van der Waals surface area contributed by atoms with Gasteiger partial charge in [-0.05, 0) is 19.1 Å². The van der Waals surface area contributed by atoms with Crippen molar-refractivity contribution in [2.45, 2.75) is 18.2 Å². The summed E-state index contributed by atoms with van der Waals surface area (Å²) >= 11 is 0. The van der Waals surface area contributed by atoms with Gasteiger partial charge in [-0.25, -0.2) is 22.5 Å². The number of nitrogen functional groups attached to an aromatic ring is 1. The highest BCUT2D eigenvalue weighted by atomic mass is 32.2. The number of nitrogens with two attached hydrogens (primary N) is 1. The van der Waals surface area contributed by atoms with E-state index < -0.39 is 15.8 Å². The molecule has 0 saturated heterocycles. The van der Waals surface area contributed by atoms with Crippen molar-refractivity contribution in [2.24, 2.45) is 0 Å². The molecule has 0 bridgehead atoms. The van der Waals surface area contributed by atoms with Crippen molar-refractivity contribution in [1.29, 1.82) is 0 Å². The van der Waals surface area contributed by atoms with Gasteiger partial charge in [-0.15, -0.1) is 0 Å². The fraction of sp³-hybridized carbons (Fsp3) is 0.273. The first-order valence-electron chi connectivity index (χ1n) is 5.79. The number of nitrogens with zero attached hydrogens (tertiary/aromatic N) is 2. The predicted octanol–water partition coefficient (Wildman–Crippen LogP) is 0.355. The lowest BCUT2D eigenvalue weighted by atomic mass is 10.2. The van der Waals surface area contributed by atoms with E-state index in [9.17, 15) is 12.8 Å². The van der Waals surface area contributed by atoms with Gasteiger partial charge in [0.05, 0.1) is 4.90 Å². The minimum absolute atomic E-state index is 0.0978. The van der Waals surface area contributed by atoms with Crippen LogP contribution in [-0.2, 0) is 16.4 Å². The van der Waals surface area contributed by atoms with Crippen molar-refractivity contribution < 1.29 is 12.8 Å². The predicted molar refractivity (Wildman–Crippen MR) is 70.8 cm³/mol. The van der Waals surface area contributed by atoms with Gasteiger partial charge in [0.1, 0.15) is 18.0 Å². The minimum atomic E-state index is -3.81. The zero-order valence-corrected chi connectivity index (χ0v) is 11.5. The maximum atomic E-state index is 13.5. The largest absolute Gasteiger partial charge is 0.398 e. The fourth-order valence-corrected chi connectivity index (χ4v) is 2.65. The van der Waals surface area contributed by atoms with E-state index in [-0.39, 0.29) is 22.7 Å². The summed E-state index contributed by atoms with van der Waals surface area (Å²) in [6.45, 7) is 1.60. The first-order chi connectivity index (χ1) is 9.40. The summed E-state index contributed by atoms with van der Waals surface area (Å²) in [5, 5.41) is 6.26. The van der Waals surface area contributed by atoms with Gasteiger partial charge in [0.2, 0.25) is 10.0 Å². The Kier molecular flexibility index (Phi) is 4.00. The maximum Gasteiger partial charge on any atom is 0.240 e. The third kappa shape index (κ3) is 3.11. The van der Waals surface area contributed by atoms with Crippen molar-refractivity contribution >= 4 is 15.7 Å². The molecule has 0 fully saturated rings. The van der Waals surface area contributed by atoms with Gasteiger partial charge in [-0.1, -0.05) is 0 Å². The molecule has 0 atom stereocenters. The molecule has 1 heterocycles. The fourth-order valence-electron chi connectivity index (χ4n) is 1.57. The van der Waals surface area contributed by atoms with Crippen molar-refractivity contribution in [3.8, 4) is 0 Å². The Morgan fingerprint density at radius 1 is 1.45 bits per heavy atom. The number of hydrogen-bond donors (Lipinski definition) is 3. The summed E-state index contributed by atoms with van der Waals surface area (Å²) in [5.74, 6) is -0.0945. The zero-order valence-electron chi connectivity index (χ0n) is 10.7. The van der Waals surface area contributed by atoms with Crippen molar-refractivity contribution in [3.63, 3.8) is 0 Å². The molecule has 0 aliphatic rings. The van der Waals surface area contributed by atoms with Gasteiger partial charge in [0.25, 0.3) is 0 Å². The van der Waals surface area contributed by atoms with Crippen LogP contribution < -0.4 is 10.5 Å². The van der Waals surface area contributed by atoms with Crippen molar-refractivity contribution in [2.75, 3.05) is 12.3 Å².